The van der Waals surface area contributed by atoms with Gasteiger partial charge in [-0.15, -0.1) is 0 Å². The van der Waals surface area contributed by atoms with E-state index in [4.69, 9.17) is 14.2 Å². The molecule has 0 spiro atoms. The average molecular weight is 399 g/mol. The summed E-state index contributed by atoms with van der Waals surface area (Å²) in [4.78, 5) is 45.0. The molecule has 0 saturated heterocycles. The van der Waals surface area contributed by atoms with E-state index in [1.54, 1.807) is 6.92 Å². The van der Waals surface area contributed by atoms with Crippen molar-refractivity contribution in [3.8, 4) is 0 Å². The number of carbonyl (C=O) groups excluding carboxylic acids is 4. The third kappa shape index (κ3) is 13.5. The molecule has 0 saturated carbocycles. The minimum Gasteiger partial charge on any atom is -0.462 e. The molecule has 9 nitrogen and oxygen atoms in total. The molecule has 0 radical (unpaired) electrons. The zero-order valence-corrected chi connectivity index (χ0v) is 16.5. The number of ether oxygens (including phenoxy) is 3. The summed E-state index contributed by atoms with van der Waals surface area (Å²) in [5.41, 5.74) is 0. The molecule has 0 heterocycles. The largest absolute Gasteiger partial charge is 0.462 e. The van der Waals surface area contributed by atoms with Crippen molar-refractivity contribution in [3.63, 3.8) is 0 Å². The molecule has 3 atom stereocenters. The Morgan fingerprint density at radius 2 is 1.79 bits per heavy atom. The van der Waals surface area contributed by atoms with E-state index in [1.165, 1.54) is 26.0 Å². The fraction of sp³-hybridized carbons (Fsp3) is 0.579. The van der Waals surface area contributed by atoms with Gasteiger partial charge in [-0.3, -0.25) is 9.59 Å². The number of carbonyl (C=O) groups is 4. The molecule has 9 heteroatoms. The van der Waals surface area contributed by atoms with Crippen LogP contribution in [0.5, 0.6) is 0 Å². The molecule has 28 heavy (non-hydrogen) atoms. The molecule has 3 unspecified atom stereocenters. The van der Waals surface area contributed by atoms with Crippen LogP contribution in [-0.2, 0) is 28.6 Å². The number of rotatable bonds is 13. The first-order chi connectivity index (χ1) is 13.2. The third-order valence-corrected chi connectivity index (χ3v) is 3.43. The van der Waals surface area contributed by atoms with Crippen LogP contribution < -0.4 is 5.32 Å². The number of amides is 1. The Bertz CT molecular complexity index is 572. The van der Waals surface area contributed by atoms with Crippen molar-refractivity contribution in [3.05, 3.63) is 24.8 Å². The monoisotopic (exact) mass is 399 g/mol. The molecule has 0 aromatic rings. The number of hydrogen-bond donors (Lipinski definition) is 2. The Morgan fingerprint density at radius 1 is 1.11 bits per heavy atom. The highest BCUT2D eigenvalue weighted by atomic mass is 16.6. The van der Waals surface area contributed by atoms with Crippen LogP contribution in [0.4, 0.5) is 4.79 Å². The van der Waals surface area contributed by atoms with Crippen molar-refractivity contribution in [2.45, 2.75) is 58.3 Å². The van der Waals surface area contributed by atoms with Gasteiger partial charge in [0.25, 0.3) is 0 Å². The standard InChI is InChI=1S/C19H29NO8/c1-5-16(28-19(25)20-9-10-26-18(24)6-2)12-17(27-14(4)22)11-15(23)8-7-13(3)21/h6-8,15-17,23H,2,5,9-12H2,1,3-4H3,(H,20,25)/b8-7+. The van der Waals surface area contributed by atoms with Gasteiger partial charge in [0.05, 0.1) is 12.6 Å². The molecule has 2 N–H and O–H groups in total. The second-order valence-electron chi connectivity index (χ2n) is 5.97. The van der Waals surface area contributed by atoms with Crippen LogP contribution in [0, 0.1) is 0 Å². The predicted molar refractivity (Wildman–Crippen MR) is 100 cm³/mol. The van der Waals surface area contributed by atoms with Crippen LogP contribution in [0.15, 0.2) is 24.8 Å². The zero-order valence-electron chi connectivity index (χ0n) is 16.5. The number of allylic oxidation sites excluding steroid dienone is 1. The molecular formula is C19H29NO8. The summed E-state index contributed by atoms with van der Waals surface area (Å²) in [5.74, 6) is -1.34. The normalized spacial score (nSPS) is 13.9. The molecule has 0 bridgehead atoms. The maximum atomic E-state index is 11.8. The minimum absolute atomic E-state index is 0.0263. The lowest BCUT2D eigenvalue weighted by atomic mass is 10.0. The van der Waals surface area contributed by atoms with Gasteiger partial charge in [-0.05, 0) is 19.4 Å². The number of hydrogen-bond acceptors (Lipinski definition) is 8. The minimum atomic E-state index is -0.987. The van der Waals surface area contributed by atoms with Crippen LogP contribution in [0.2, 0.25) is 0 Å². The van der Waals surface area contributed by atoms with E-state index in [1.807, 2.05) is 0 Å². The summed E-state index contributed by atoms with van der Waals surface area (Å²) in [6.07, 6.45) is 1.30. The van der Waals surface area contributed by atoms with Crippen LogP contribution in [0.1, 0.15) is 40.0 Å². The van der Waals surface area contributed by atoms with Crippen molar-refractivity contribution >= 4 is 23.8 Å². The van der Waals surface area contributed by atoms with Gasteiger partial charge < -0.3 is 24.6 Å². The second kappa shape index (κ2) is 14.4. The molecule has 0 aromatic carbocycles. The Labute approximate surface area is 164 Å². The van der Waals surface area contributed by atoms with Crippen LogP contribution in [0.3, 0.4) is 0 Å². The highest BCUT2D eigenvalue weighted by Gasteiger charge is 2.23. The fourth-order valence-corrected chi connectivity index (χ4v) is 2.17. The number of ketones is 1. The van der Waals surface area contributed by atoms with Gasteiger partial charge in [0.15, 0.2) is 5.78 Å². The quantitative estimate of drug-likeness (QED) is 0.206. The van der Waals surface area contributed by atoms with Gasteiger partial charge in [0, 0.05) is 25.8 Å². The smallest absolute Gasteiger partial charge is 0.407 e. The number of alkyl carbamates (subject to hydrolysis) is 1. The van der Waals surface area contributed by atoms with Crippen molar-refractivity contribution in [1.29, 1.82) is 0 Å². The molecular weight excluding hydrogens is 370 g/mol. The SMILES string of the molecule is C=CC(=O)OCCNC(=O)OC(CC)CC(CC(O)/C=C/C(C)=O)OC(C)=O. The van der Waals surface area contributed by atoms with Crippen LogP contribution >= 0.6 is 0 Å². The highest BCUT2D eigenvalue weighted by molar-refractivity contribution is 5.87. The van der Waals surface area contributed by atoms with Crippen LogP contribution in [0.25, 0.3) is 0 Å². The van der Waals surface area contributed by atoms with E-state index in [2.05, 4.69) is 11.9 Å². The molecule has 1 amide bonds. The van der Waals surface area contributed by atoms with E-state index < -0.39 is 36.3 Å². The van der Waals surface area contributed by atoms with E-state index >= 15 is 0 Å². The Morgan fingerprint density at radius 3 is 2.32 bits per heavy atom. The fourth-order valence-electron chi connectivity index (χ4n) is 2.17. The molecule has 0 aromatic heterocycles. The summed E-state index contributed by atoms with van der Waals surface area (Å²) in [7, 11) is 0. The third-order valence-electron chi connectivity index (χ3n) is 3.43. The Kier molecular flexibility index (Phi) is 13.0. The molecule has 0 rings (SSSR count). The van der Waals surface area contributed by atoms with Crippen molar-refractivity contribution in [2.75, 3.05) is 13.2 Å². The van der Waals surface area contributed by atoms with E-state index in [0.29, 0.717) is 6.42 Å². The predicted octanol–water partition coefficient (Wildman–Crippen LogP) is 1.44. The molecule has 0 aliphatic carbocycles. The summed E-state index contributed by atoms with van der Waals surface area (Å²) >= 11 is 0. The molecule has 0 fully saturated rings. The van der Waals surface area contributed by atoms with Gasteiger partial charge in [-0.1, -0.05) is 19.6 Å². The lowest BCUT2D eigenvalue weighted by molar-refractivity contribution is -0.149. The van der Waals surface area contributed by atoms with E-state index in [0.717, 1.165) is 6.08 Å². The summed E-state index contributed by atoms with van der Waals surface area (Å²) in [6, 6.07) is 0. The first-order valence-corrected chi connectivity index (χ1v) is 8.95. The highest BCUT2D eigenvalue weighted by Crippen LogP contribution is 2.16. The first-order valence-electron chi connectivity index (χ1n) is 8.95. The van der Waals surface area contributed by atoms with Crippen molar-refractivity contribution in [1.82, 2.24) is 5.32 Å². The summed E-state index contributed by atoms with van der Waals surface area (Å²) < 4.78 is 15.2. The summed E-state index contributed by atoms with van der Waals surface area (Å²) in [6.45, 7) is 7.68. The number of nitrogens with one attached hydrogen (secondary N) is 1. The maximum absolute atomic E-state index is 11.8. The lowest BCUT2D eigenvalue weighted by Crippen LogP contribution is -2.34. The van der Waals surface area contributed by atoms with E-state index in [9.17, 15) is 24.3 Å². The van der Waals surface area contributed by atoms with Crippen molar-refractivity contribution < 1.29 is 38.5 Å². The topological polar surface area (TPSA) is 128 Å². The van der Waals surface area contributed by atoms with Gasteiger partial charge in [-0.2, -0.15) is 0 Å². The molecule has 158 valence electrons. The van der Waals surface area contributed by atoms with Crippen molar-refractivity contribution in [2.24, 2.45) is 0 Å². The lowest BCUT2D eigenvalue weighted by Gasteiger charge is -2.24. The van der Waals surface area contributed by atoms with E-state index in [-0.39, 0.29) is 31.8 Å². The number of aliphatic hydroxyl groups is 1. The summed E-state index contributed by atoms with van der Waals surface area (Å²) in [5, 5.41) is 12.4. The van der Waals surface area contributed by atoms with Crippen LogP contribution in [-0.4, -0.2) is 60.4 Å². The Balaban J connectivity index is 4.59. The first kappa shape index (κ1) is 25.3. The van der Waals surface area contributed by atoms with Gasteiger partial charge >= 0.3 is 18.0 Å². The molecule has 0 aliphatic rings. The van der Waals surface area contributed by atoms with Gasteiger partial charge in [-0.25, -0.2) is 9.59 Å². The number of esters is 2. The number of aliphatic hydroxyl groups excluding tert-OH is 1. The molecule has 0 aliphatic heterocycles. The Hall–Kier alpha value is -2.68. The maximum Gasteiger partial charge on any atom is 0.407 e. The second-order valence-corrected chi connectivity index (χ2v) is 5.97. The van der Waals surface area contributed by atoms with Gasteiger partial charge in [0.1, 0.15) is 18.8 Å². The van der Waals surface area contributed by atoms with Gasteiger partial charge in [0.2, 0.25) is 0 Å². The zero-order chi connectivity index (χ0) is 21.5. The average Bonchev–Trinajstić information content (AvgIpc) is 2.62.